The number of para-hydroxylation sites is 1. The summed E-state index contributed by atoms with van der Waals surface area (Å²) in [5, 5.41) is 7.49. The van der Waals surface area contributed by atoms with E-state index in [1.54, 1.807) is 35.1 Å². The third kappa shape index (κ3) is 4.95. The van der Waals surface area contributed by atoms with Gasteiger partial charge in [-0.05, 0) is 35.2 Å². The second kappa shape index (κ2) is 8.65. The van der Waals surface area contributed by atoms with E-state index >= 15 is 0 Å². The predicted molar refractivity (Wildman–Crippen MR) is 112 cm³/mol. The van der Waals surface area contributed by atoms with Crippen molar-refractivity contribution in [2.24, 2.45) is 5.73 Å². The quantitative estimate of drug-likeness (QED) is 0.457. The number of rotatable bonds is 7. The zero-order chi connectivity index (χ0) is 21.8. The number of hydrogen-bond donors (Lipinski definition) is 2. The van der Waals surface area contributed by atoms with Gasteiger partial charge in [-0.2, -0.15) is 5.10 Å². The average Bonchev–Trinajstić information content (AvgIpc) is 3.17. The van der Waals surface area contributed by atoms with E-state index in [0.717, 1.165) is 16.7 Å². The van der Waals surface area contributed by atoms with Crippen LogP contribution in [0.4, 0.5) is 19.0 Å². The molecule has 4 rings (SSSR count). The fourth-order valence-electron chi connectivity index (χ4n) is 3.25. The Morgan fingerprint density at radius 2 is 1.81 bits per heavy atom. The van der Waals surface area contributed by atoms with Crippen molar-refractivity contribution in [3.8, 4) is 16.9 Å². The van der Waals surface area contributed by atoms with E-state index in [9.17, 15) is 13.2 Å². The number of nitrogens with one attached hydrogen (secondary N) is 1. The Labute approximate surface area is 176 Å². The molecule has 0 amide bonds. The lowest BCUT2D eigenvalue weighted by Gasteiger charge is -2.13. The Balaban J connectivity index is 1.49. The number of nitrogens with zero attached hydrogens (tertiary/aromatic N) is 3. The monoisotopic (exact) mass is 427 g/mol. The van der Waals surface area contributed by atoms with E-state index in [1.165, 1.54) is 12.1 Å². The molecule has 0 bridgehead atoms. The van der Waals surface area contributed by atoms with Gasteiger partial charge in [0.05, 0.1) is 6.20 Å². The standard InChI is InChI=1S/C22H20F3N5O/c23-22(24,25)31-19-4-2-1-3-17(19)9-11-27-20-10-12-30-21(29-20)18(14-28-30)16-7-5-15(13-26)6-8-16/h1-8,10,12,14H,9,11,13,26H2,(H,27,29). The molecule has 2 aromatic heterocycles. The number of anilines is 1. The first-order valence-corrected chi connectivity index (χ1v) is 9.64. The maximum Gasteiger partial charge on any atom is 0.573 e. The van der Waals surface area contributed by atoms with Crippen LogP contribution in [0.2, 0.25) is 0 Å². The van der Waals surface area contributed by atoms with Crippen molar-refractivity contribution in [2.75, 3.05) is 11.9 Å². The molecular formula is C22H20F3N5O. The molecular weight excluding hydrogens is 407 g/mol. The van der Waals surface area contributed by atoms with Crippen molar-refractivity contribution in [1.29, 1.82) is 0 Å². The Bertz CT molecular complexity index is 1170. The van der Waals surface area contributed by atoms with Crippen LogP contribution in [0.1, 0.15) is 11.1 Å². The van der Waals surface area contributed by atoms with Crippen LogP contribution in [0, 0.1) is 0 Å². The van der Waals surface area contributed by atoms with Crippen molar-refractivity contribution in [3.63, 3.8) is 0 Å². The molecule has 2 heterocycles. The topological polar surface area (TPSA) is 77.5 Å². The summed E-state index contributed by atoms with van der Waals surface area (Å²) in [5.41, 5.74) is 9.66. The van der Waals surface area contributed by atoms with E-state index in [-0.39, 0.29) is 5.75 Å². The highest BCUT2D eigenvalue weighted by Crippen LogP contribution is 2.27. The van der Waals surface area contributed by atoms with Crippen LogP contribution in [0.3, 0.4) is 0 Å². The Hall–Kier alpha value is -3.59. The van der Waals surface area contributed by atoms with Gasteiger partial charge < -0.3 is 15.8 Å². The fraction of sp³-hybridized carbons (Fsp3) is 0.182. The highest BCUT2D eigenvalue weighted by molar-refractivity contribution is 5.77. The van der Waals surface area contributed by atoms with Gasteiger partial charge in [0, 0.05) is 24.8 Å². The number of ether oxygens (including phenoxy) is 1. The summed E-state index contributed by atoms with van der Waals surface area (Å²) < 4.78 is 43.5. The van der Waals surface area contributed by atoms with E-state index in [2.05, 4.69) is 20.1 Å². The minimum atomic E-state index is -4.73. The zero-order valence-corrected chi connectivity index (χ0v) is 16.4. The lowest BCUT2D eigenvalue weighted by molar-refractivity contribution is -0.274. The number of halogens is 3. The molecule has 0 aliphatic rings. The smallest absolute Gasteiger partial charge is 0.406 e. The second-order valence-electron chi connectivity index (χ2n) is 6.87. The van der Waals surface area contributed by atoms with Crippen LogP contribution in [-0.2, 0) is 13.0 Å². The van der Waals surface area contributed by atoms with Crippen LogP contribution < -0.4 is 15.8 Å². The first-order valence-electron chi connectivity index (χ1n) is 9.64. The van der Waals surface area contributed by atoms with E-state index < -0.39 is 6.36 Å². The van der Waals surface area contributed by atoms with Crippen LogP contribution in [-0.4, -0.2) is 27.5 Å². The Kier molecular flexibility index (Phi) is 5.77. The van der Waals surface area contributed by atoms with Crippen molar-refractivity contribution < 1.29 is 17.9 Å². The van der Waals surface area contributed by atoms with Gasteiger partial charge in [-0.3, -0.25) is 0 Å². The van der Waals surface area contributed by atoms with Crippen LogP contribution >= 0.6 is 0 Å². The molecule has 0 aliphatic heterocycles. The summed E-state index contributed by atoms with van der Waals surface area (Å²) in [6.45, 7) is 0.856. The van der Waals surface area contributed by atoms with Gasteiger partial charge in [-0.15, -0.1) is 13.2 Å². The highest BCUT2D eigenvalue weighted by atomic mass is 19.4. The molecule has 0 atom stereocenters. The minimum Gasteiger partial charge on any atom is -0.406 e. The Morgan fingerprint density at radius 1 is 1.03 bits per heavy atom. The number of aromatic nitrogens is 3. The first-order chi connectivity index (χ1) is 14.9. The fourth-order valence-corrected chi connectivity index (χ4v) is 3.25. The largest absolute Gasteiger partial charge is 0.573 e. The number of hydrogen-bond acceptors (Lipinski definition) is 5. The van der Waals surface area contributed by atoms with Crippen LogP contribution in [0.5, 0.6) is 5.75 Å². The first kappa shape index (κ1) is 20.7. The molecule has 0 unspecified atom stereocenters. The molecule has 31 heavy (non-hydrogen) atoms. The number of fused-ring (bicyclic) bond motifs is 1. The van der Waals surface area contributed by atoms with Gasteiger partial charge in [-0.25, -0.2) is 9.50 Å². The van der Waals surface area contributed by atoms with E-state index in [0.29, 0.717) is 36.5 Å². The van der Waals surface area contributed by atoms with Crippen molar-refractivity contribution in [3.05, 3.63) is 78.1 Å². The van der Waals surface area contributed by atoms with Gasteiger partial charge >= 0.3 is 6.36 Å². The summed E-state index contributed by atoms with van der Waals surface area (Å²) in [6, 6.07) is 15.7. The lowest BCUT2D eigenvalue weighted by atomic mass is 10.1. The van der Waals surface area contributed by atoms with Crippen molar-refractivity contribution >= 4 is 11.5 Å². The molecule has 0 saturated heterocycles. The molecule has 2 aromatic carbocycles. The van der Waals surface area contributed by atoms with Gasteiger partial charge in [0.15, 0.2) is 5.65 Å². The molecule has 4 aromatic rings. The van der Waals surface area contributed by atoms with Crippen LogP contribution in [0.15, 0.2) is 67.0 Å². The van der Waals surface area contributed by atoms with Gasteiger partial charge in [0.2, 0.25) is 0 Å². The molecule has 9 heteroatoms. The summed E-state index contributed by atoms with van der Waals surface area (Å²) in [5.74, 6) is 0.404. The molecule has 160 valence electrons. The molecule has 0 radical (unpaired) electrons. The maximum absolute atomic E-state index is 12.6. The lowest BCUT2D eigenvalue weighted by Crippen LogP contribution is -2.18. The molecule has 3 N–H and O–H groups in total. The number of nitrogens with two attached hydrogens (primary N) is 1. The molecule has 6 nitrogen and oxygen atoms in total. The average molecular weight is 427 g/mol. The summed E-state index contributed by atoms with van der Waals surface area (Å²) in [7, 11) is 0. The molecule has 0 aliphatic carbocycles. The third-order valence-electron chi connectivity index (χ3n) is 4.77. The van der Waals surface area contributed by atoms with E-state index in [4.69, 9.17) is 5.73 Å². The number of alkyl halides is 3. The SMILES string of the molecule is NCc1ccc(-c2cnn3ccc(NCCc4ccccc4OC(F)(F)F)nc23)cc1. The molecule has 0 saturated carbocycles. The predicted octanol–water partition coefficient (Wildman–Crippen LogP) is 4.41. The summed E-state index contributed by atoms with van der Waals surface area (Å²) in [6.07, 6.45) is -0.861. The zero-order valence-electron chi connectivity index (χ0n) is 16.4. The van der Waals surface area contributed by atoms with E-state index in [1.807, 2.05) is 24.3 Å². The molecule has 0 spiro atoms. The van der Waals surface area contributed by atoms with Gasteiger partial charge in [-0.1, -0.05) is 42.5 Å². The Morgan fingerprint density at radius 3 is 2.55 bits per heavy atom. The normalized spacial score (nSPS) is 11.6. The highest BCUT2D eigenvalue weighted by Gasteiger charge is 2.31. The van der Waals surface area contributed by atoms with Crippen LogP contribution in [0.25, 0.3) is 16.8 Å². The van der Waals surface area contributed by atoms with Gasteiger partial charge in [0.25, 0.3) is 0 Å². The number of benzene rings is 2. The second-order valence-corrected chi connectivity index (χ2v) is 6.87. The minimum absolute atomic E-state index is 0.195. The van der Waals surface area contributed by atoms with Gasteiger partial charge in [0.1, 0.15) is 11.6 Å². The maximum atomic E-state index is 12.6. The van der Waals surface area contributed by atoms with Crippen molar-refractivity contribution in [2.45, 2.75) is 19.3 Å². The third-order valence-corrected chi connectivity index (χ3v) is 4.77. The van der Waals surface area contributed by atoms with Crippen molar-refractivity contribution in [1.82, 2.24) is 14.6 Å². The summed E-state index contributed by atoms with van der Waals surface area (Å²) >= 11 is 0. The summed E-state index contributed by atoms with van der Waals surface area (Å²) in [4.78, 5) is 4.62. The molecule has 0 fully saturated rings.